The third-order valence-electron chi connectivity index (χ3n) is 4.35. The second-order valence-electron chi connectivity index (χ2n) is 5.44. The van der Waals surface area contributed by atoms with Crippen LogP contribution < -0.4 is 10.1 Å². The van der Waals surface area contributed by atoms with Crippen molar-refractivity contribution < 1.29 is 9.13 Å². The Labute approximate surface area is 101 Å². The fraction of sp³-hybridized carbons (Fsp3) is 0.571. The molecule has 1 heterocycles. The van der Waals surface area contributed by atoms with E-state index >= 15 is 0 Å². The molecule has 1 saturated heterocycles. The van der Waals surface area contributed by atoms with Crippen LogP contribution >= 0.6 is 0 Å². The van der Waals surface area contributed by atoms with E-state index in [2.05, 4.69) is 5.32 Å². The second kappa shape index (κ2) is 3.98. The number of benzene rings is 1. The first-order valence-corrected chi connectivity index (χ1v) is 6.27. The number of hydrogen-bond acceptors (Lipinski definition) is 2. The van der Waals surface area contributed by atoms with Gasteiger partial charge in [0, 0.05) is 13.1 Å². The second-order valence-corrected chi connectivity index (χ2v) is 5.44. The van der Waals surface area contributed by atoms with Crippen molar-refractivity contribution in [3.05, 3.63) is 29.6 Å². The van der Waals surface area contributed by atoms with Crippen molar-refractivity contribution in [2.75, 3.05) is 20.2 Å². The summed E-state index contributed by atoms with van der Waals surface area (Å²) < 4.78 is 18.6. The van der Waals surface area contributed by atoms with Gasteiger partial charge in [0.05, 0.1) is 7.11 Å². The summed E-state index contributed by atoms with van der Waals surface area (Å²) in [4.78, 5) is 0. The van der Waals surface area contributed by atoms with Crippen molar-refractivity contribution in [1.82, 2.24) is 5.32 Å². The molecule has 3 heteroatoms. The number of nitrogens with one attached hydrogen (secondary N) is 1. The van der Waals surface area contributed by atoms with E-state index in [4.69, 9.17) is 4.74 Å². The SMILES string of the molecule is COc1ccc(C2CCC3(CNC3)C2)cc1F. The molecule has 1 aliphatic heterocycles. The summed E-state index contributed by atoms with van der Waals surface area (Å²) in [5, 5.41) is 3.35. The van der Waals surface area contributed by atoms with Crippen LogP contribution in [0.4, 0.5) is 4.39 Å². The van der Waals surface area contributed by atoms with E-state index in [9.17, 15) is 4.39 Å². The molecule has 2 fully saturated rings. The predicted octanol–water partition coefficient (Wildman–Crippen LogP) is 2.69. The van der Waals surface area contributed by atoms with Gasteiger partial charge in [0.15, 0.2) is 11.6 Å². The molecule has 0 radical (unpaired) electrons. The first kappa shape index (κ1) is 11.0. The maximum Gasteiger partial charge on any atom is 0.165 e. The minimum absolute atomic E-state index is 0.238. The first-order valence-electron chi connectivity index (χ1n) is 6.27. The number of halogens is 1. The highest BCUT2D eigenvalue weighted by Crippen LogP contribution is 2.48. The zero-order chi connectivity index (χ0) is 11.9. The van der Waals surface area contributed by atoms with Gasteiger partial charge in [-0.15, -0.1) is 0 Å². The van der Waals surface area contributed by atoms with Crippen LogP contribution in [0.3, 0.4) is 0 Å². The van der Waals surface area contributed by atoms with Crippen LogP contribution in [-0.4, -0.2) is 20.2 Å². The average molecular weight is 235 g/mol. The summed E-state index contributed by atoms with van der Waals surface area (Å²) in [6.45, 7) is 2.28. The number of rotatable bonds is 2. The Kier molecular flexibility index (Phi) is 2.58. The minimum Gasteiger partial charge on any atom is -0.494 e. The zero-order valence-corrected chi connectivity index (χ0v) is 10.1. The highest BCUT2D eigenvalue weighted by atomic mass is 19.1. The molecule has 0 amide bonds. The van der Waals surface area contributed by atoms with E-state index in [0.29, 0.717) is 17.1 Å². The Morgan fingerprint density at radius 2 is 2.24 bits per heavy atom. The standard InChI is InChI=1S/C14H18FNO/c1-17-13-3-2-10(6-12(13)15)11-4-5-14(7-11)8-16-9-14/h2-3,6,11,16H,4-5,7-9H2,1H3. The van der Waals surface area contributed by atoms with Crippen molar-refractivity contribution in [3.8, 4) is 5.75 Å². The summed E-state index contributed by atoms with van der Waals surface area (Å²) in [7, 11) is 1.50. The van der Waals surface area contributed by atoms with Crippen molar-refractivity contribution >= 4 is 0 Å². The van der Waals surface area contributed by atoms with Crippen LogP contribution in [0.25, 0.3) is 0 Å². The Hall–Kier alpha value is -1.09. The lowest BCUT2D eigenvalue weighted by molar-refractivity contribution is 0.175. The van der Waals surface area contributed by atoms with Crippen molar-refractivity contribution in [2.24, 2.45) is 5.41 Å². The highest BCUT2D eigenvalue weighted by Gasteiger charge is 2.43. The van der Waals surface area contributed by atoms with Gasteiger partial charge in [0.2, 0.25) is 0 Å². The van der Waals surface area contributed by atoms with Crippen LogP contribution in [0, 0.1) is 11.2 Å². The molecule has 1 N–H and O–H groups in total. The van der Waals surface area contributed by atoms with Gasteiger partial charge in [-0.05, 0) is 48.3 Å². The summed E-state index contributed by atoms with van der Waals surface area (Å²) in [6.07, 6.45) is 3.66. The van der Waals surface area contributed by atoms with E-state index in [1.54, 1.807) is 12.1 Å². The van der Waals surface area contributed by atoms with E-state index in [-0.39, 0.29) is 5.82 Å². The van der Waals surface area contributed by atoms with Crippen molar-refractivity contribution in [3.63, 3.8) is 0 Å². The molecular formula is C14H18FNO. The zero-order valence-electron chi connectivity index (χ0n) is 10.1. The van der Waals surface area contributed by atoms with Gasteiger partial charge in [-0.3, -0.25) is 0 Å². The van der Waals surface area contributed by atoms with Crippen LogP contribution in [0.5, 0.6) is 5.75 Å². The topological polar surface area (TPSA) is 21.3 Å². The predicted molar refractivity (Wildman–Crippen MR) is 64.8 cm³/mol. The molecule has 0 aromatic heterocycles. The number of hydrogen-bond donors (Lipinski definition) is 1. The summed E-state index contributed by atoms with van der Waals surface area (Å²) >= 11 is 0. The molecular weight excluding hydrogens is 217 g/mol. The molecule has 1 atom stereocenters. The number of ether oxygens (including phenoxy) is 1. The molecule has 1 aromatic carbocycles. The minimum atomic E-state index is -0.238. The van der Waals surface area contributed by atoms with Crippen molar-refractivity contribution in [1.29, 1.82) is 0 Å². The largest absolute Gasteiger partial charge is 0.494 e. The van der Waals surface area contributed by atoms with Gasteiger partial charge in [-0.25, -0.2) is 4.39 Å². The van der Waals surface area contributed by atoms with Gasteiger partial charge < -0.3 is 10.1 Å². The van der Waals surface area contributed by atoms with Gasteiger partial charge in [0.1, 0.15) is 0 Å². The van der Waals surface area contributed by atoms with E-state index < -0.39 is 0 Å². The molecule has 2 aliphatic rings. The molecule has 1 spiro atoms. The van der Waals surface area contributed by atoms with Gasteiger partial charge in [-0.1, -0.05) is 6.07 Å². The average Bonchev–Trinajstić information content (AvgIpc) is 2.73. The van der Waals surface area contributed by atoms with Gasteiger partial charge >= 0.3 is 0 Å². The Balaban J connectivity index is 1.78. The lowest BCUT2D eigenvalue weighted by Crippen LogP contribution is -2.51. The Morgan fingerprint density at radius 1 is 1.41 bits per heavy atom. The fourth-order valence-electron chi connectivity index (χ4n) is 3.23. The highest BCUT2D eigenvalue weighted by molar-refractivity contribution is 5.32. The molecule has 92 valence electrons. The quantitative estimate of drug-likeness (QED) is 0.851. The van der Waals surface area contributed by atoms with Crippen molar-refractivity contribution in [2.45, 2.75) is 25.2 Å². The van der Waals surface area contributed by atoms with Crippen LogP contribution in [0.15, 0.2) is 18.2 Å². The molecule has 1 unspecified atom stereocenters. The molecule has 3 rings (SSSR count). The Morgan fingerprint density at radius 3 is 2.76 bits per heavy atom. The molecule has 2 nitrogen and oxygen atoms in total. The Bertz CT molecular complexity index is 428. The third kappa shape index (κ3) is 1.82. The van der Waals surface area contributed by atoms with Crippen LogP contribution in [0.1, 0.15) is 30.7 Å². The molecule has 1 saturated carbocycles. The lowest BCUT2D eigenvalue weighted by atomic mass is 9.79. The van der Waals surface area contributed by atoms with E-state index in [0.717, 1.165) is 18.7 Å². The van der Waals surface area contributed by atoms with Gasteiger partial charge in [-0.2, -0.15) is 0 Å². The normalized spacial score (nSPS) is 25.9. The third-order valence-corrected chi connectivity index (χ3v) is 4.35. The molecule has 1 aromatic rings. The smallest absolute Gasteiger partial charge is 0.165 e. The van der Waals surface area contributed by atoms with Crippen LogP contribution in [-0.2, 0) is 0 Å². The van der Waals surface area contributed by atoms with Crippen LogP contribution in [0.2, 0.25) is 0 Å². The maximum atomic E-state index is 13.7. The van der Waals surface area contributed by atoms with E-state index in [1.165, 1.54) is 26.4 Å². The fourth-order valence-corrected chi connectivity index (χ4v) is 3.23. The first-order chi connectivity index (χ1) is 8.22. The number of methoxy groups -OCH3 is 1. The maximum absolute atomic E-state index is 13.7. The molecule has 17 heavy (non-hydrogen) atoms. The monoisotopic (exact) mass is 235 g/mol. The molecule has 0 bridgehead atoms. The molecule has 1 aliphatic carbocycles. The summed E-state index contributed by atoms with van der Waals surface area (Å²) in [5.74, 6) is 0.627. The summed E-state index contributed by atoms with van der Waals surface area (Å²) in [5.41, 5.74) is 1.65. The summed E-state index contributed by atoms with van der Waals surface area (Å²) in [6, 6.07) is 5.40. The lowest BCUT2D eigenvalue weighted by Gasteiger charge is -2.39. The van der Waals surface area contributed by atoms with E-state index in [1.807, 2.05) is 6.07 Å². The van der Waals surface area contributed by atoms with Gasteiger partial charge in [0.25, 0.3) is 0 Å².